The summed E-state index contributed by atoms with van der Waals surface area (Å²) in [6, 6.07) is 6.45. The predicted octanol–water partition coefficient (Wildman–Crippen LogP) is 3.61. The molecule has 0 aromatic heterocycles. The molecule has 0 saturated heterocycles. The second-order valence-electron chi connectivity index (χ2n) is 5.05. The number of nitrogens with zero attached hydrogens (tertiary/aromatic N) is 1. The van der Waals surface area contributed by atoms with Gasteiger partial charge < -0.3 is 15.3 Å². The van der Waals surface area contributed by atoms with Crippen LogP contribution in [-0.2, 0) is 0 Å². The number of nitrogens with one attached hydrogen (secondary N) is 1. The van der Waals surface area contributed by atoms with Crippen molar-refractivity contribution in [1.82, 2.24) is 5.32 Å². The first kappa shape index (κ1) is 17.3. The second kappa shape index (κ2) is 9.22. The van der Waals surface area contributed by atoms with Crippen LogP contribution in [0.3, 0.4) is 0 Å². The van der Waals surface area contributed by atoms with Gasteiger partial charge in [0.05, 0.1) is 6.61 Å². The van der Waals surface area contributed by atoms with Crippen molar-refractivity contribution in [2.24, 2.45) is 0 Å². The van der Waals surface area contributed by atoms with Crippen molar-refractivity contribution in [2.75, 3.05) is 31.1 Å². The van der Waals surface area contributed by atoms with Gasteiger partial charge in [-0.15, -0.1) is 0 Å². The molecule has 3 nitrogen and oxygen atoms in total. The number of anilines is 1. The summed E-state index contributed by atoms with van der Waals surface area (Å²) in [5.41, 5.74) is 2.21. The van der Waals surface area contributed by atoms with Crippen molar-refractivity contribution in [2.45, 2.75) is 39.7 Å². The lowest BCUT2D eigenvalue weighted by Gasteiger charge is -2.25. The van der Waals surface area contributed by atoms with Crippen LogP contribution in [0, 0.1) is 0 Å². The monoisotopic (exact) mass is 298 g/mol. The molecule has 1 rings (SSSR count). The van der Waals surface area contributed by atoms with Crippen LogP contribution in [0.25, 0.3) is 0 Å². The van der Waals surface area contributed by atoms with Crippen LogP contribution in [-0.4, -0.2) is 31.3 Å². The van der Waals surface area contributed by atoms with E-state index in [4.69, 9.17) is 11.6 Å². The van der Waals surface area contributed by atoms with Crippen molar-refractivity contribution >= 4 is 17.3 Å². The quantitative estimate of drug-likeness (QED) is 0.731. The second-order valence-corrected chi connectivity index (χ2v) is 5.46. The lowest BCUT2D eigenvalue weighted by molar-refractivity contribution is 0.301. The third kappa shape index (κ3) is 4.97. The summed E-state index contributed by atoms with van der Waals surface area (Å²) >= 11 is 6.41. The molecule has 0 amide bonds. The minimum atomic E-state index is 0.164. The van der Waals surface area contributed by atoms with E-state index in [0.29, 0.717) is 6.54 Å². The molecule has 1 aromatic carbocycles. The van der Waals surface area contributed by atoms with Gasteiger partial charge in [-0.2, -0.15) is 0 Å². The number of aliphatic hydroxyl groups is 1. The molecule has 0 aliphatic rings. The van der Waals surface area contributed by atoms with Gasteiger partial charge in [0.2, 0.25) is 0 Å². The number of hydrogen-bond acceptors (Lipinski definition) is 3. The third-order valence-corrected chi connectivity index (χ3v) is 3.80. The normalized spacial score (nSPS) is 12.4. The van der Waals surface area contributed by atoms with Crippen molar-refractivity contribution in [1.29, 1.82) is 0 Å². The molecule has 2 N–H and O–H groups in total. The number of rotatable bonds is 9. The molecule has 0 radical (unpaired) electrons. The van der Waals surface area contributed by atoms with Gasteiger partial charge in [-0.05, 0) is 37.6 Å². The number of aliphatic hydroxyl groups excluding tert-OH is 1. The number of halogens is 1. The standard InChI is InChI=1S/C16H27ClN2O/c1-4-6-9-19(10-11-20)14-7-8-15(16(17)12-14)13(3)18-5-2/h7-8,12-13,18,20H,4-6,9-11H2,1-3H3. The van der Waals surface area contributed by atoms with E-state index in [2.05, 4.69) is 43.1 Å². The van der Waals surface area contributed by atoms with E-state index in [1.165, 1.54) is 0 Å². The molecule has 1 unspecified atom stereocenters. The van der Waals surface area contributed by atoms with Gasteiger partial charge in [-0.3, -0.25) is 0 Å². The van der Waals surface area contributed by atoms with Gasteiger partial charge >= 0.3 is 0 Å². The van der Waals surface area contributed by atoms with E-state index in [1.807, 2.05) is 6.07 Å². The average molecular weight is 299 g/mol. The van der Waals surface area contributed by atoms with Crippen LogP contribution < -0.4 is 10.2 Å². The van der Waals surface area contributed by atoms with Crippen molar-refractivity contribution < 1.29 is 5.11 Å². The van der Waals surface area contributed by atoms with Gasteiger partial charge in [0, 0.05) is 29.8 Å². The van der Waals surface area contributed by atoms with Crippen LogP contribution in [0.4, 0.5) is 5.69 Å². The summed E-state index contributed by atoms with van der Waals surface area (Å²) < 4.78 is 0. The maximum Gasteiger partial charge on any atom is 0.0606 e. The van der Waals surface area contributed by atoms with Crippen LogP contribution in [0.2, 0.25) is 5.02 Å². The van der Waals surface area contributed by atoms with E-state index in [9.17, 15) is 5.11 Å². The summed E-state index contributed by atoms with van der Waals surface area (Å²) in [5, 5.41) is 13.4. The largest absolute Gasteiger partial charge is 0.395 e. The van der Waals surface area contributed by atoms with Gasteiger partial charge in [0.25, 0.3) is 0 Å². The summed E-state index contributed by atoms with van der Waals surface area (Å²) in [6.45, 7) is 9.07. The predicted molar refractivity (Wildman–Crippen MR) is 87.8 cm³/mol. The zero-order valence-corrected chi connectivity index (χ0v) is 13.6. The molecule has 0 saturated carbocycles. The molecule has 0 aliphatic heterocycles. The van der Waals surface area contributed by atoms with Crippen LogP contribution >= 0.6 is 11.6 Å². The Kier molecular flexibility index (Phi) is 7.97. The highest BCUT2D eigenvalue weighted by Crippen LogP contribution is 2.28. The van der Waals surface area contributed by atoms with E-state index in [-0.39, 0.29) is 12.6 Å². The molecule has 0 spiro atoms. The van der Waals surface area contributed by atoms with Crippen molar-refractivity contribution in [3.05, 3.63) is 28.8 Å². The summed E-state index contributed by atoms with van der Waals surface area (Å²) in [4.78, 5) is 2.19. The Morgan fingerprint density at radius 3 is 2.60 bits per heavy atom. The van der Waals surface area contributed by atoms with Crippen molar-refractivity contribution in [3.63, 3.8) is 0 Å². The lowest BCUT2D eigenvalue weighted by Crippen LogP contribution is -2.27. The SMILES string of the molecule is CCCCN(CCO)c1ccc(C(C)NCC)c(Cl)c1. The maximum absolute atomic E-state index is 9.19. The van der Waals surface area contributed by atoms with Gasteiger partial charge in [-0.1, -0.05) is 37.9 Å². The topological polar surface area (TPSA) is 35.5 Å². The molecule has 0 heterocycles. The zero-order chi connectivity index (χ0) is 15.0. The zero-order valence-electron chi connectivity index (χ0n) is 12.8. The molecule has 20 heavy (non-hydrogen) atoms. The molecule has 0 bridgehead atoms. The highest BCUT2D eigenvalue weighted by atomic mass is 35.5. The summed E-state index contributed by atoms with van der Waals surface area (Å²) in [6.07, 6.45) is 2.26. The molecular weight excluding hydrogens is 272 g/mol. The molecular formula is C16H27ClN2O. The van der Waals surface area contributed by atoms with Crippen LogP contribution in [0.5, 0.6) is 0 Å². The number of hydrogen-bond donors (Lipinski definition) is 2. The fourth-order valence-corrected chi connectivity index (χ4v) is 2.66. The summed E-state index contributed by atoms with van der Waals surface area (Å²) in [7, 11) is 0. The van der Waals surface area contributed by atoms with E-state index in [0.717, 1.165) is 42.2 Å². The first-order valence-corrected chi connectivity index (χ1v) is 7.90. The number of unbranched alkanes of at least 4 members (excludes halogenated alkanes) is 1. The van der Waals surface area contributed by atoms with Gasteiger partial charge in [0.1, 0.15) is 0 Å². The smallest absolute Gasteiger partial charge is 0.0606 e. The Morgan fingerprint density at radius 2 is 2.05 bits per heavy atom. The highest BCUT2D eigenvalue weighted by Gasteiger charge is 2.12. The Hall–Kier alpha value is -0.770. The van der Waals surface area contributed by atoms with Gasteiger partial charge in [-0.25, -0.2) is 0 Å². The number of benzene rings is 1. The Bertz CT molecular complexity index is 398. The van der Waals surface area contributed by atoms with Crippen LogP contribution in [0.1, 0.15) is 45.2 Å². The lowest BCUT2D eigenvalue weighted by atomic mass is 10.1. The maximum atomic E-state index is 9.19. The minimum absolute atomic E-state index is 0.164. The summed E-state index contributed by atoms with van der Waals surface area (Å²) in [5.74, 6) is 0. The van der Waals surface area contributed by atoms with Crippen LogP contribution in [0.15, 0.2) is 18.2 Å². The fraction of sp³-hybridized carbons (Fsp3) is 0.625. The molecule has 1 aromatic rings. The van der Waals surface area contributed by atoms with Gasteiger partial charge in [0.15, 0.2) is 0 Å². The highest BCUT2D eigenvalue weighted by molar-refractivity contribution is 6.31. The van der Waals surface area contributed by atoms with E-state index in [1.54, 1.807) is 0 Å². The Morgan fingerprint density at radius 1 is 1.30 bits per heavy atom. The van der Waals surface area contributed by atoms with Crippen molar-refractivity contribution in [3.8, 4) is 0 Å². The molecule has 1 atom stereocenters. The molecule has 4 heteroatoms. The molecule has 0 aliphatic carbocycles. The first-order chi connectivity index (χ1) is 9.63. The molecule has 114 valence electrons. The van der Waals surface area contributed by atoms with E-state index >= 15 is 0 Å². The molecule has 0 fully saturated rings. The third-order valence-electron chi connectivity index (χ3n) is 3.48. The van der Waals surface area contributed by atoms with E-state index < -0.39 is 0 Å². The minimum Gasteiger partial charge on any atom is -0.395 e. The Balaban J connectivity index is 2.87. The Labute approximate surface area is 127 Å². The fourth-order valence-electron chi connectivity index (χ4n) is 2.32. The average Bonchev–Trinajstić information content (AvgIpc) is 2.43. The first-order valence-electron chi connectivity index (χ1n) is 7.52.